The van der Waals surface area contributed by atoms with Crippen LogP contribution in [0.15, 0.2) is 36.5 Å². The van der Waals surface area contributed by atoms with Gasteiger partial charge in [0.2, 0.25) is 5.91 Å². The van der Waals surface area contributed by atoms with Crippen LogP contribution in [0, 0.1) is 0 Å². The number of hydrogen-bond acceptors (Lipinski definition) is 10. The molecule has 448 valence electrons. The molecule has 0 bridgehead atoms. The molecule has 1 heterocycles. The fourth-order valence-corrected chi connectivity index (χ4v) is 10.4. The smallest absolute Gasteiger partial charge is 0.249 e. The van der Waals surface area contributed by atoms with Gasteiger partial charge in [0, 0.05) is 0 Å². The lowest BCUT2D eigenvalue weighted by molar-refractivity contribution is -0.303. The molecule has 0 aromatic rings. The highest BCUT2D eigenvalue weighted by Crippen LogP contribution is 2.23. The van der Waals surface area contributed by atoms with E-state index in [1.54, 1.807) is 0 Å². The topological polar surface area (TPSA) is 189 Å². The molecule has 9 unspecified atom stereocenters. The second kappa shape index (κ2) is 53.9. The zero-order valence-electron chi connectivity index (χ0n) is 49.2. The highest BCUT2D eigenvalue weighted by atomic mass is 16.7. The number of amides is 1. The van der Waals surface area contributed by atoms with Crippen molar-refractivity contribution in [3.8, 4) is 0 Å². The van der Waals surface area contributed by atoms with Crippen molar-refractivity contribution >= 4 is 5.91 Å². The summed E-state index contributed by atoms with van der Waals surface area (Å²) in [5, 5.41) is 76.3. The van der Waals surface area contributed by atoms with Crippen LogP contribution in [0.2, 0.25) is 0 Å². The van der Waals surface area contributed by atoms with Crippen LogP contribution in [-0.4, -0.2) is 110 Å². The van der Waals surface area contributed by atoms with E-state index in [-0.39, 0.29) is 12.8 Å². The summed E-state index contributed by atoms with van der Waals surface area (Å²) < 4.78 is 11.2. The van der Waals surface area contributed by atoms with E-state index in [9.17, 15) is 40.5 Å². The third-order valence-corrected chi connectivity index (χ3v) is 15.6. The predicted octanol–water partition coefficient (Wildman–Crippen LogP) is 14.6. The van der Waals surface area contributed by atoms with E-state index in [4.69, 9.17) is 9.47 Å². The van der Waals surface area contributed by atoms with Crippen LogP contribution in [0.1, 0.15) is 303 Å². The fourth-order valence-electron chi connectivity index (χ4n) is 10.4. The highest BCUT2D eigenvalue weighted by molar-refractivity contribution is 5.80. The van der Waals surface area contributed by atoms with Crippen LogP contribution in [-0.2, 0) is 14.3 Å². The quantitative estimate of drug-likeness (QED) is 0.0215. The summed E-state index contributed by atoms with van der Waals surface area (Å²) in [6.07, 6.45) is 56.4. The van der Waals surface area contributed by atoms with Crippen LogP contribution in [0.25, 0.3) is 0 Å². The summed E-state index contributed by atoms with van der Waals surface area (Å²) in [6, 6.07) is -1.19. The van der Waals surface area contributed by atoms with Gasteiger partial charge in [0.25, 0.3) is 0 Å². The standard InChI is InChI=1S/C65H123NO10/c1-3-5-7-9-11-13-15-17-19-21-23-25-27-28-29-31-32-34-36-38-40-42-44-46-48-50-52-57(68)60(70)56(55-75-65-63(73)62(72)61(71)59(54-67)76-65)66-64(74)58(69)53-51-49-47-45-43-41-39-37-35-33-30-26-24-22-20-18-16-14-12-10-8-6-4-2/h33,35-36,38,44,46,56-63,65,67-73H,3-32,34,37,39-43,45,47-55H2,1-2H3,(H,66,74)/b35-33-,38-36+,46-44+. The Hall–Kier alpha value is -1.67. The summed E-state index contributed by atoms with van der Waals surface area (Å²) in [6.45, 7) is 3.48. The molecule has 1 saturated heterocycles. The lowest BCUT2D eigenvalue weighted by Crippen LogP contribution is -2.60. The van der Waals surface area contributed by atoms with E-state index in [0.717, 1.165) is 44.9 Å². The summed E-state index contributed by atoms with van der Waals surface area (Å²) in [5.41, 5.74) is 0. The summed E-state index contributed by atoms with van der Waals surface area (Å²) >= 11 is 0. The molecule has 0 spiro atoms. The second-order valence-electron chi connectivity index (χ2n) is 22.8. The Bertz CT molecular complexity index is 1330. The first kappa shape index (κ1) is 72.3. The molecule has 0 saturated carbocycles. The number of aliphatic hydroxyl groups is 7. The molecular formula is C65H123NO10. The first-order valence-corrected chi connectivity index (χ1v) is 32.4. The normalized spacial score (nSPS) is 19.8. The highest BCUT2D eigenvalue weighted by Gasteiger charge is 2.44. The molecule has 1 rings (SSSR count). The van der Waals surface area contributed by atoms with Gasteiger partial charge in [-0.3, -0.25) is 4.79 Å². The Morgan fingerprint density at radius 1 is 0.447 bits per heavy atom. The molecule has 0 aliphatic carbocycles. The Morgan fingerprint density at radius 2 is 0.789 bits per heavy atom. The fraction of sp³-hybridized carbons (Fsp3) is 0.892. The van der Waals surface area contributed by atoms with Crippen LogP contribution >= 0.6 is 0 Å². The summed E-state index contributed by atoms with van der Waals surface area (Å²) in [5.74, 6) is -0.710. The molecule has 11 nitrogen and oxygen atoms in total. The van der Waals surface area contributed by atoms with Gasteiger partial charge in [-0.1, -0.05) is 262 Å². The first-order valence-electron chi connectivity index (χ1n) is 32.4. The predicted molar refractivity (Wildman–Crippen MR) is 316 cm³/mol. The van der Waals surface area contributed by atoms with Gasteiger partial charge in [-0.2, -0.15) is 0 Å². The molecule has 0 aromatic heterocycles. The molecular weight excluding hydrogens is 955 g/mol. The summed E-state index contributed by atoms with van der Waals surface area (Å²) in [4.78, 5) is 13.2. The number of aliphatic hydroxyl groups excluding tert-OH is 7. The Morgan fingerprint density at radius 3 is 1.17 bits per heavy atom. The molecule has 8 N–H and O–H groups in total. The maximum atomic E-state index is 13.2. The lowest BCUT2D eigenvalue weighted by atomic mass is 9.98. The molecule has 1 fully saturated rings. The number of rotatable bonds is 56. The van der Waals surface area contributed by atoms with Crippen molar-refractivity contribution in [2.75, 3.05) is 13.2 Å². The van der Waals surface area contributed by atoms with Crippen molar-refractivity contribution in [2.45, 2.75) is 358 Å². The molecule has 11 heteroatoms. The largest absolute Gasteiger partial charge is 0.394 e. The van der Waals surface area contributed by atoms with Gasteiger partial charge in [-0.15, -0.1) is 0 Å². The monoisotopic (exact) mass is 1080 g/mol. The van der Waals surface area contributed by atoms with Gasteiger partial charge >= 0.3 is 0 Å². The zero-order chi connectivity index (χ0) is 55.4. The molecule has 9 atom stereocenters. The number of unbranched alkanes of at least 4 members (excludes halogenated alkanes) is 38. The van der Waals surface area contributed by atoms with Crippen molar-refractivity contribution in [3.63, 3.8) is 0 Å². The van der Waals surface area contributed by atoms with E-state index in [1.807, 2.05) is 0 Å². The average Bonchev–Trinajstić information content (AvgIpc) is 3.42. The van der Waals surface area contributed by atoms with Crippen LogP contribution in [0.5, 0.6) is 0 Å². The molecule has 76 heavy (non-hydrogen) atoms. The van der Waals surface area contributed by atoms with Gasteiger partial charge in [0.05, 0.1) is 25.4 Å². The molecule has 1 amide bonds. The number of carbonyl (C=O) groups is 1. The van der Waals surface area contributed by atoms with Crippen molar-refractivity contribution < 1.29 is 50.0 Å². The van der Waals surface area contributed by atoms with Crippen LogP contribution in [0.4, 0.5) is 0 Å². The van der Waals surface area contributed by atoms with Crippen LogP contribution < -0.4 is 5.32 Å². The van der Waals surface area contributed by atoms with Gasteiger partial charge in [0.1, 0.15) is 36.6 Å². The molecule has 1 aliphatic heterocycles. The number of ether oxygens (including phenoxy) is 2. The van der Waals surface area contributed by atoms with E-state index < -0.39 is 74.2 Å². The average molecular weight is 1080 g/mol. The minimum Gasteiger partial charge on any atom is -0.394 e. The third kappa shape index (κ3) is 41.4. The summed E-state index contributed by atoms with van der Waals surface area (Å²) in [7, 11) is 0. The van der Waals surface area contributed by atoms with Crippen molar-refractivity contribution in [2.24, 2.45) is 0 Å². The zero-order valence-corrected chi connectivity index (χ0v) is 49.2. The molecule has 1 aliphatic rings. The SMILES string of the molecule is CCCCCCCCCCCCCC/C=C\CCCCCCCCCC(O)C(=O)NC(COC1OC(CO)C(O)C(O)C1O)C(O)C(O)CCC/C=C/CC/C=C/CCCCCCCCCCCCCCCCCCC. The van der Waals surface area contributed by atoms with Crippen molar-refractivity contribution in [3.05, 3.63) is 36.5 Å². The maximum Gasteiger partial charge on any atom is 0.249 e. The Balaban J connectivity index is 2.29. The van der Waals surface area contributed by atoms with Gasteiger partial charge in [0.15, 0.2) is 6.29 Å². The minimum atomic E-state index is -1.67. The van der Waals surface area contributed by atoms with Gasteiger partial charge in [-0.25, -0.2) is 0 Å². The molecule has 0 radical (unpaired) electrons. The lowest BCUT2D eigenvalue weighted by Gasteiger charge is -2.40. The Kier molecular flexibility index (Phi) is 51.3. The number of carbonyl (C=O) groups excluding carboxylic acids is 1. The maximum absolute atomic E-state index is 13.2. The van der Waals surface area contributed by atoms with Crippen molar-refractivity contribution in [1.29, 1.82) is 0 Å². The van der Waals surface area contributed by atoms with Gasteiger partial charge in [-0.05, 0) is 77.0 Å². The van der Waals surface area contributed by atoms with Crippen LogP contribution in [0.3, 0.4) is 0 Å². The minimum absolute atomic E-state index is 0.246. The van der Waals surface area contributed by atoms with Crippen molar-refractivity contribution in [1.82, 2.24) is 5.32 Å². The Labute approximate surface area is 467 Å². The number of nitrogens with one attached hydrogen (secondary N) is 1. The van der Waals surface area contributed by atoms with E-state index >= 15 is 0 Å². The number of hydrogen-bond donors (Lipinski definition) is 8. The van der Waals surface area contributed by atoms with E-state index in [2.05, 4.69) is 55.6 Å². The molecule has 0 aromatic carbocycles. The third-order valence-electron chi connectivity index (χ3n) is 15.6. The van der Waals surface area contributed by atoms with E-state index in [1.165, 1.54) is 212 Å². The second-order valence-corrected chi connectivity index (χ2v) is 22.8. The van der Waals surface area contributed by atoms with E-state index in [0.29, 0.717) is 19.3 Å². The van der Waals surface area contributed by atoms with Gasteiger partial charge < -0.3 is 50.5 Å². The first-order chi connectivity index (χ1) is 37.2. The number of allylic oxidation sites excluding steroid dienone is 6.